The van der Waals surface area contributed by atoms with E-state index in [4.69, 9.17) is 10.5 Å². The molecule has 2 saturated carbocycles. The summed E-state index contributed by atoms with van der Waals surface area (Å²) in [6.07, 6.45) is 12.2. The van der Waals surface area contributed by atoms with Crippen molar-refractivity contribution in [2.75, 3.05) is 24.7 Å². The van der Waals surface area contributed by atoms with Gasteiger partial charge in [-0.3, -0.25) is 4.68 Å². The second-order valence-corrected chi connectivity index (χ2v) is 9.51. The molecule has 33 heavy (non-hydrogen) atoms. The highest BCUT2D eigenvalue weighted by molar-refractivity contribution is 5.86. The predicted molar refractivity (Wildman–Crippen MR) is 131 cm³/mol. The van der Waals surface area contributed by atoms with E-state index in [-0.39, 0.29) is 5.95 Å². The van der Waals surface area contributed by atoms with Crippen LogP contribution in [0.15, 0.2) is 24.4 Å². The van der Waals surface area contributed by atoms with Gasteiger partial charge in [-0.1, -0.05) is 37.8 Å². The maximum absolute atomic E-state index is 6.00. The van der Waals surface area contributed by atoms with E-state index in [1.165, 1.54) is 56.9 Å². The van der Waals surface area contributed by atoms with Crippen LogP contribution in [0.4, 0.5) is 11.8 Å². The lowest BCUT2D eigenvalue weighted by Gasteiger charge is -2.26. The maximum Gasteiger partial charge on any atom is 0.222 e. The fourth-order valence-corrected chi connectivity index (χ4v) is 4.96. The van der Waals surface area contributed by atoms with Gasteiger partial charge in [0.1, 0.15) is 16.8 Å². The van der Waals surface area contributed by atoms with Gasteiger partial charge in [0.15, 0.2) is 5.82 Å². The Bertz CT molecular complexity index is 1090. The van der Waals surface area contributed by atoms with Crippen LogP contribution >= 0.6 is 0 Å². The number of aromatic nitrogens is 4. The van der Waals surface area contributed by atoms with Gasteiger partial charge in [-0.25, -0.2) is 4.98 Å². The van der Waals surface area contributed by atoms with Crippen LogP contribution in [0.2, 0.25) is 0 Å². The van der Waals surface area contributed by atoms with Crippen LogP contribution in [0.3, 0.4) is 0 Å². The Morgan fingerprint density at radius 1 is 1.09 bits per heavy atom. The number of anilines is 2. The monoisotopic (exact) mass is 449 g/mol. The highest BCUT2D eigenvalue weighted by Gasteiger charge is 2.19. The van der Waals surface area contributed by atoms with Crippen LogP contribution in [0.5, 0.6) is 5.75 Å². The van der Waals surface area contributed by atoms with Gasteiger partial charge in [0.05, 0.1) is 19.9 Å². The molecule has 2 aromatic heterocycles. The molecule has 4 N–H and O–H groups in total. The number of nitrogens with two attached hydrogens (primary N) is 1. The fourth-order valence-electron chi connectivity index (χ4n) is 4.96. The number of benzene rings is 1. The number of nitrogens with one attached hydrogen (secondary N) is 2. The van der Waals surface area contributed by atoms with E-state index >= 15 is 0 Å². The van der Waals surface area contributed by atoms with Crippen LogP contribution in [0.1, 0.15) is 62.5 Å². The molecule has 3 aromatic rings. The zero-order valence-electron chi connectivity index (χ0n) is 19.5. The van der Waals surface area contributed by atoms with Crippen molar-refractivity contribution in [1.29, 1.82) is 0 Å². The summed E-state index contributed by atoms with van der Waals surface area (Å²) in [5.41, 5.74) is 9.95. The van der Waals surface area contributed by atoms with Crippen LogP contribution in [0.25, 0.3) is 11.0 Å². The molecule has 1 aromatic carbocycles. The van der Waals surface area contributed by atoms with Crippen molar-refractivity contribution in [3.63, 3.8) is 0 Å². The number of fused-ring (bicyclic) bond motifs is 1. The lowest BCUT2D eigenvalue weighted by molar-refractivity contribution is 0.338. The van der Waals surface area contributed by atoms with Gasteiger partial charge >= 0.3 is 0 Å². The van der Waals surface area contributed by atoms with E-state index in [9.17, 15) is 0 Å². The summed E-state index contributed by atoms with van der Waals surface area (Å²) in [5, 5.41) is 11.8. The molecule has 0 spiro atoms. The van der Waals surface area contributed by atoms with E-state index in [1.807, 2.05) is 4.68 Å². The molecule has 2 fully saturated rings. The summed E-state index contributed by atoms with van der Waals surface area (Å²) in [6, 6.07) is 7.10. The van der Waals surface area contributed by atoms with Gasteiger partial charge in [0.2, 0.25) is 5.95 Å². The molecule has 0 bridgehead atoms. The zero-order valence-corrected chi connectivity index (χ0v) is 19.5. The van der Waals surface area contributed by atoms with E-state index in [0.29, 0.717) is 18.5 Å². The van der Waals surface area contributed by atoms with Gasteiger partial charge in [-0.05, 0) is 43.2 Å². The highest BCUT2D eigenvalue weighted by atomic mass is 16.5. The number of nitrogen functional groups attached to an aromatic ring is 1. The first kappa shape index (κ1) is 21.9. The standard InChI is InChI=1S/C25H35N7O/c1-33-22-12-18(14-27-20-8-5-9-20)10-11-19(22)16-32-23-21(15-29-32)30-25(26)31-24(23)28-13-17-6-3-2-4-7-17/h10-12,15,17,20,27H,2-9,13-14,16H2,1H3,(H3,26,28,30,31). The number of methoxy groups -OCH3 is 1. The van der Waals surface area contributed by atoms with Gasteiger partial charge < -0.3 is 21.1 Å². The molecular weight excluding hydrogens is 414 g/mol. The summed E-state index contributed by atoms with van der Waals surface area (Å²) >= 11 is 0. The molecule has 0 radical (unpaired) electrons. The zero-order chi connectivity index (χ0) is 22.6. The van der Waals surface area contributed by atoms with Gasteiger partial charge in [0.25, 0.3) is 0 Å². The molecule has 0 aliphatic heterocycles. The average molecular weight is 450 g/mol. The van der Waals surface area contributed by atoms with Gasteiger partial charge in [-0.2, -0.15) is 10.1 Å². The largest absolute Gasteiger partial charge is 0.496 e. The third-order valence-electron chi connectivity index (χ3n) is 7.16. The average Bonchev–Trinajstić information content (AvgIpc) is 3.20. The number of nitrogens with zero attached hydrogens (tertiary/aromatic N) is 4. The molecule has 2 heterocycles. The van der Waals surface area contributed by atoms with Crippen LogP contribution in [-0.2, 0) is 13.1 Å². The first-order chi connectivity index (χ1) is 16.2. The Balaban J connectivity index is 1.35. The summed E-state index contributed by atoms with van der Waals surface area (Å²) in [4.78, 5) is 8.93. The van der Waals surface area contributed by atoms with Crippen LogP contribution in [-0.4, -0.2) is 39.4 Å². The van der Waals surface area contributed by atoms with Crippen LogP contribution < -0.4 is 21.1 Å². The molecule has 0 amide bonds. The fraction of sp³-hybridized carbons (Fsp3) is 0.560. The Kier molecular flexibility index (Phi) is 6.62. The molecule has 2 aliphatic carbocycles. The Hall–Kier alpha value is -2.87. The first-order valence-electron chi connectivity index (χ1n) is 12.3. The number of rotatable bonds is 9. The molecule has 0 unspecified atom stereocenters. The van der Waals surface area contributed by atoms with E-state index in [0.717, 1.165) is 41.3 Å². The van der Waals surface area contributed by atoms with Crippen molar-refractivity contribution in [3.05, 3.63) is 35.5 Å². The van der Waals surface area contributed by atoms with Crippen molar-refractivity contribution in [2.45, 2.75) is 70.5 Å². The smallest absolute Gasteiger partial charge is 0.222 e. The van der Waals surface area contributed by atoms with Gasteiger partial charge in [0, 0.05) is 24.7 Å². The topological polar surface area (TPSA) is 103 Å². The third-order valence-corrected chi connectivity index (χ3v) is 7.16. The predicted octanol–water partition coefficient (Wildman–Crippen LogP) is 4.10. The summed E-state index contributed by atoms with van der Waals surface area (Å²) in [5.74, 6) is 2.59. The second kappa shape index (κ2) is 9.95. The highest BCUT2D eigenvalue weighted by Crippen LogP contribution is 2.28. The lowest BCUT2D eigenvalue weighted by atomic mass is 9.89. The molecule has 5 rings (SSSR count). The summed E-state index contributed by atoms with van der Waals surface area (Å²) < 4.78 is 7.68. The quantitative estimate of drug-likeness (QED) is 0.452. The molecular formula is C25H35N7O. The normalized spacial score (nSPS) is 17.2. The van der Waals surface area contributed by atoms with E-state index in [2.05, 4.69) is 43.9 Å². The molecule has 176 valence electrons. The van der Waals surface area contributed by atoms with E-state index in [1.54, 1.807) is 13.3 Å². The minimum absolute atomic E-state index is 0.272. The molecule has 8 nitrogen and oxygen atoms in total. The number of hydrogen-bond acceptors (Lipinski definition) is 7. The van der Waals surface area contributed by atoms with Crippen molar-refractivity contribution >= 4 is 22.8 Å². The third kappa shape index (κ3) is 5.05. The molecule has 0 atom stereocenters. The SMILES string of the molecule is COc1cc(CNC2CCC2)ccc1Cn1ncc2nc(N)nc(NCC3CCCCC3)c21. The van der Waals surface area contributed by atoms with Crippen molar-refractivity contribution in [2.24, 2.45) is 5.92 Å². The minimum atomic E-state index is 0.272. The molecule has 8 heteroatoms. The van der Waals surface area contributed by atoms with Crippen molar-refractivity contribution < 1.29 is 4.74 Å². The molecule has 2 aliphatic rings. The maximum atomic E-state index is 6.00. The Labute approximate surface area is 195 Å². The summed E-state index contributed by atoms with van der Waals surface area (Å²) in [6.45, 7) is 2.35. The van der Waals surface area contributed by atoms with Crippen molar-refractivity contribution in [1.82, 2.24) is 25.1 Å². The van der Waals surface area contributed by atoms with E-state index < -0.39 is 0 Å². The number of hydrogen-bond donors (Lipinski definition) is 3. The second-order valence-electron chi connectivity index (χ2n) is 9.51. The minimum Gasteiger partial charge on any atom is -0.496 e. The Morgan fingerprint density at radius 2 is 1.94 bits per heavy atom. The Morgan fingerprint density at radius 3 is 2.70 bits per heavy atom. The van der Waals surface area contributed by atoms with Crippen LogP contribution in [0, 0.1) is 5.92 Å². The summed E-state index contributed by atoms with van der Waals surface area (Å²) in [7, 11) is 1.73. The van der Waals surface area contributed by atoms with Crippen molar-refractivity contribution in [3.8, 4) is 5.75 Å². The first-order valence-corrected chi connectivity index (χ1v) is 12.3. The molecule has 0 saturated heterocycles. The number of ether oxygens (including phenoxy) is 1. The van der Waals surface area contributed by atoms with Gasteiger partial charge in [-0.15, -0.1) is 0 Å². The lowest BCUT2D eigenvalue weighted by Crippen LogP contribution is -2.34.